The van der Waals surface area contributed by atoms with E-state index in [1.807, 2.05) is 54.6 Å². The van der Waals surface area contributed by atoms with Gasteiger partial charge in [0.1, 0.15) is 18.5 Å². The monoisotopic (exact) mass is 311 g/mol. The summed E-state index contributed by atoms with van der Waals surface area (Å²) in [4.78, 5) is 11.9. The minimum atomic E-state index is -0.285. The molecular weight excluding hydrogens is 290 g/mol. The Hall–Kier alpha value is -2.33. The fourth-order valence-corrected chi connectivity index (χ4v) is 2.57. The first-order valence-electron chi connectivity index (χ1n) is 7.96. The van der Waals surface area contributed by atoms with E-state index in [9.17, 15) is 4.79 Å². The number of amides is 1. The molecule has 4 nitrogen and oxygen atoms in total. The number of hydrogen-bond donors (Lipinski definition) is 1. The molecule has 0 radical (unpaired) electrons. The summed E-state index contributed by atoms with van der Waals surface area (Å²) in [5, 5.41) is 2.92. The molecule has 2 aromatic carbocycles. The molecule has 23 heavy (non-hydrogen) atoms. The van der Waals surface area contributed by atoms with Gasteiger partial charge < -0.3 is 14.8 Å². The molecule has 120 valence electrons. The molecule has 1 heterocycles. The minimum absolute atomic E-state index is 0.0295. The molecule has 1 aliphatic rings. The summed E-state index contributed by atoms with van der Waals surface area (Å²) >= 11 is 0. The summed E-state index contributed by atoms with van der Waals surface area (Å²) in [5.74, 6) is 0.774. The molecule has 1 saturated heterocycles. The summed E-state index contributed by atoms with van der Waals surface area (Å²) in [6.07, 6.45) is 1.49. The molecule has 1 atom stereocenters. The van der Waals surface area contributed by atoms with Gasteiger partial charge in [-0.15, -0.1) is 0 Å². The Bertz CT molecular complexity index is 636. The third kappa shape index (κ3) is 4.57. The predicted molar refractivity (Wildman–Crippen MR) is 88.0 cm³/mol. The van der Waals surface area contributed by atoms with Crippen LogP contribution in [0.1, 0.15) is 24.0 Å². The van der Waals surface area contributed by atoms with Crippen LogP contribution in [-0.2, 0) is 22.7 Å². The third-order valence-electron chi connectivity index (χ3n) is 3.84. The predicted octanol–water partition coefficient (Wildman–Crippen LogP) is 3.06. The fraction of sp³-hybridized carbons (Fsp3) is 0.316. The maximum Gasteiger partial charge on any atom is 0.249 e. The standard InChI is InChI=1S/C19H21NO3/c21-19(18-10-5-11-22-18)20-13-16-8-4-9-17(12-16)23-14-15-6-2-1-3-7-15/h1-4,6-9,12,18H,5,10-11,13-14H2,(H,20,21)/t18-/m0/s1. The van der Waals surface area contributed by atoms with Gasteiger partial charge in [-0.05, 0) is 36.1 Å². The van der Waals surface area contributed by atoms with Crippen molar-refractivity contribution in [3.8, 4) is 5.75 Å². The van der Waals surface area contributed by atoms with Crippen LogP contribution in [0.4, 0.5) is 0 Å². The van der Waals surface area contributed by atoms with Gasteiger partial charge in [0.05, 0.1) is 0 Å². The lowest BCUT2D eigenvalue weighted by atomic mass is 10.2. The van der Waals surface area contributed by atoms with Crippen LogP contribution in [-0.4, -0.2) is 18.6 Å². The molecule has 0 spiro atoms. The Labute approximate surface area is 136 Å². The van der Waals surface area contributed by atoms with Crippen molar-refractivity contribution in [1.82, 2.24) is 5.32 Å². The Morgan fingerprint density at radius 1 is 1.13 bits per heavy atom. The van der Waals surface area contributed by atoms with Crippen LogP contribution in [0.25, 0.3) is 0 Å². The van der Waals surface area contributed by atoms with Crippen molar-refractivity contribution >= 4 is 5.91 Å². The van der Waals surface area contributed by atoms with Gasteiger partial charge in [-0.2, -0.15) is 0 Å². The van der Waals surface area contributed by atoms with Crippen LogP contribution in [0.15, 0.2) is 54.6 Å². The molecule has 0 unspecified atom stereocenters. The molecule has 0 aliphatic carbocycles. The molecule has 0 saturated carbocycles. The second-order valence-corrected chi connectivity index (χ2v) is 5.64. The second kappa shape index (κ2) is 7.79. The highest BCUT2D eigenvalue weighted by molar-refractivity contribution is 5.80. The number of carbonyl (C=O) groups is 1. The first-order valence-corrected chi connectivity index (χ1v) is 7.96. The van der Waals surface area contributed by atoms with E-state index in [0.717, 1.165) is 29.7 Å². The highest BCUT2D eigenvalue weighted by atomic mass is 16.5. The van der Waals surface area contributed by atoms with Crippen LogP contribution in [0.3, 0.4) is 0 Å². The molecule has 1 amide bonds. The smallest absolute Gasteiger partial charge is 0.249 e. The zero-order valence-electron chi connectivity index (χ0n) is 13.0. The van der Waals surface area contributed by atoms with Crippen molar-refractivity contribution in [2.24, 2.45) is 0 Å². The van der Waals surface area contributed by atoms with Gasteiger partial charge in [0.25, 0.3) is 0 Å². The topological polar surface area (TPSA) is 47.6 Å². The number of nitrogens with one attached hydrogen (secondary N) is 1. The van der Waals surface area contributed by atoms with E-state index in [1.165, 1.54) is 0 Å². The van der Waals surface area contributed by atoms with Crippen LogP contribution >= 0.6 is 0 Å². The van der Waals surface area contributed by atoms with Crippen molar-refractivity contribution in [3.05, 3.63) is 65.7 Å². The molecule has 0 aromatic heterocycles. The molecule has 2 aromatic rings. The molecule has 3 rings (SSSR count). The maximum absolute atomic E-state index is 11.9. The number of hydrogen-bond acceptors (Lipinski definition) is 3. The molecular formula is C19H21NO3. The van der Waals surface area contributed by atoms with Crippen molar-refractivity contribution in [2.45, 2.75) is 32.1 Å². The quantitative estimate of drug-likeness (QED) is 0.892. The molecule has 1 N–H and O–H groups in total. The van der Waals surface area contributed by atoms with E-state index in [1.54, 1.807) is 0 Å². The fourth-order valence-electron chi connectivity index (χ4n) is 2.57. The SMILES string of the molecule is O=C(NCc1cccc(OCc2ccccc2)c1)[C@@H]1CCCO1. The van der Waals surface area contributed by atoms with E-state index in [0.29, 0.717) is 19.8 Å². The second-order valence-electron chi connectivity index (χ2n) is 5.64. The first kappa shape index (κ1) is 15.6. The van der Waals surface area contributed by atoms with Gasteiger partial charge in [0.2, 0.25) is 5.91 Å². The number of ether oxygens (including phenoxy) is 2. The number of benzene rings is 2. The van der Waals surface area contributed by atoms with Crippen LogP contribution in [0.2, 0.25) is 0 Å². The van der Waals surface area contributed by atoms with Gasteiger partial charge in [0.15, 0.2) is 0 Å². The van der Waals surface area contributed by atoms with Crippen LogP contribution in [0, 0.1) is 0 Å². The first-order chi connectivity index (χ1) is 11.3. The number of rotatable bonds is 6. The Morgan fingerprint density at radius 3 is 2.74 bits per heavy atom. The van der Waals surface area contributed by atoms with E-state index in [4.69, 9.17) is 9.47 Å². The Morgan fingerprint density at radius 2 is 1.96 bits per heavy atom. The lowest BCUT2D eigenvalue weighted by molar-refractivity contribution is -0.130. The van der Waals surface area contributed by atoms with Crippen molar-refractivity contribution in [3.63, 3.8) is 0 Å². The summed E-state index contributed by atoms with van der Waals surface area (Å²) in [6, 6.07) is 17.8. The average molecular weight is 311 g/mol. The minimum Gasteiger partial charge on any atom is -0.489 e. The van der Waals surface area contributed by atoms with Crippen molar-refractivity contribution < 1.29 is 14.3 Å². The largest absolute Gasteiger partial charge is 0.489 e. The van der Waals surface area contributed by atoms with E-state index in [2.05, 4.69) is 5.32 Å². The van der Waals surface area contributed by atoms with Gasteiger partial charge in [-0.1, -0.05) is 42.5 Å². The van der Waals surface area contributed by atoms with E-state index in [-0.39, 0.29) is 12.0 Å². The van der Waals surface area contributed by atoms with Crippen LogP contribution < -0.4 is 10.1 Å². The maximum atomic E-state index is 11.9. The highest BCUT2D eigenvalue weighted by Gasteiger charge is 2.22. The third-order valence-corrected chi connectivity index (χ3v) is 3.84. The zero-order chi connectivity index (χ0) is 15.9. The van der Waals surface area contributed by atoms with Gasteiger partial charge in [-0.25, -0.2) is 0 Å². The summed E-state index contributed by atoms with van der Waals surface area (Å²) in [7, 11) is 0. The molecule has 0 bridgehead atoms. The molecule has 1 aliphatic heterocycles. The van der Waals surface area contributed by atoms with E-state index >= 15 is 0 Å². The lowest BCUT2D eigenvalue weighted by Crippen LogP contribution is -2.33. The molecule has 1 fully saturated rings. The Kier molecular flexibility index (Phi) is 5.27. The lowest BCUT2D eigenvalue weighted by Gasteiger charge is -2.11. The van der Waals surface area contributed by atoms with Gasteiger partial charge >= 0.3 is 0 Å². The van der Waals surface area contributed by atoms with Gasteiger partial charge in [-0.3, -0.25) is 4.79 Å². The highest BCUT2D eigenvalue weighted by Crippen LogP contribution is 2.16. The Balaban J connectivity index is 1.51. The summed E-state index contributed by atoms with van der Waals surface area (Å²) < 4.78 is 11.2. The van der Waals surface area contributed by atoms with Crippen LogP contribution in [0.5, 0.6) is 5.75 Å². The van der Waals surface area contributed by atoms with E-state index < -0.39 is 0 Å². The van der Waals surface area contributed by atoms with Crippen molar-refractivity contribution in [1.29, 1.82) is 0 Å². The normalized spacial score (nSPS) is 17.0. The molecule has 4 heteroatoms. The zero-order valence-corrected chi connectivity index (χ0v) is 13.0. The van der Waals surface area contributed by atoms with Gasteiger partial charge in [0, 0.05) is 13.2 Å². The van der Waals surface area contributed by atoms with Crippen molar-refractivity contribution in [2.75, 3.05) is 6.61 Å². The average Bonchev–Trinajstić information content (AvgIpc) is 3.14. The number of carbonyl (C=O) groups excluding carboxylic acids is 1. The summed E-state index contributed by atoms with van der Waals surface area (Å²) in [6.45, 7) is 1.70. The summed E-state index contributed by atoms with van der Waals surface area (Å²) in [5.41, 5.74) is 2.14.